The summed E-state index contributed by atoms with van der Waals surface area (Å²) in [5, 5.41) is 12.2. The Hall–Kier alpha value is -3.54. The van der Waals surface area contributed by atoms with E-state index in [1.165, 1.54) is 23.4 Å². The molecule has 1 aliphatic heterocycles. The Morgan fingerprint density at radius 2 is 2.00 bits per heavy atom. The number of carbonyl (C=O) groups excluding carboxylic acids is 2. The molecule has 0 aromatic carbocycles. The fraction of sp³-hybridized carbons (Fsp3) is 0.500. The lowest BCUT2D eigenvalue weighted by Crippen LogP contribution is -2.41. The predicted octanol–water partition coefficient (Wildman–Crippen LogP) is 4.36. The van der Waals surface area contributed by atoms with Crippen molar-refractivity contribution in [1.29, 1.82) is 5.26 Å². The summed E-state index contributed by atoms with van der Waals surface area (Å²) in [6.45, 7) is 3.23. The van der Waals surface area contributed by atoms with Crippen molar-refractivity contribution in [2.75, 3.05) is 13.1 Å². The number of pyridine rings is 1. The fourth-order valence-electron chi connectivity index (χ4n) is 6.11. The Morgan fingerprint density at radius 3 is 2.68 bits per heavy atom. The molecule has 0 spiro atoms. The van der Waals surface area contributed by atoms with E-state index in [-0.39, 0.29) is 54.6 Å². The number of alkyl halides is 2. The number of aryl methyl sites for hydroxylation is 1. The normalized spacial score (nSPS) is 24.9. The maximum Gasteiger partial charge on any atom is 0.270 e. The van der Waals surface area contributed by atoms with Crippen LogP contribution in [0.25, 0.3) is 6.08 Å². The molecule has 3 aliphatic rings. The molecule has 7 nitrogen and oxygen atoms in total. The molecular formula is C28H31F2N5O2. The molecular weight excluding hydrogens is 476 g/mol. The van der Waals surface area contributed by atoms with Crippen LogP contribution in [0.3, 0.4) is 0 Å². The number of hydrogen-bond donors (Lipinski definition) is 1. The third kappa shape index (κ3) is 4.89. The zero-order valence-electron chi connectivity index (χ0n) is 21.1. The second-order valence-electron chi connectivity index (χ2n) is 10.6. The molecule has 1 saturated carbocycles. The van der Waals surface area contributed by atoms with Crippen LogP contribution in [-0.4, -0.2) is 51.3 Å². The van der Waals surface area contributed by atoms with E-state index in [0.717, 1.165) is 18.5 Å². The fourth-order valence-corrected chi connectivity index (χ4v) is 6.11. The van der Waals surface area contributed by atoms with E-state index in [1.807, 2.05) is 25.3 Å². The molecule has 0 radical (unpaired) electrons. The highest BCUT2D eigenvalue weighted by Gasteiger charge is 2.44. The first-order valence-electron chi connectivity index (χ1n) is 12.9. The lowest BCUT2D eigenvalue weighted by molar-refractivity contribution is -0.137. The van der Waals surface area contributed by atoms with Crippen LogP contribution in [0.2, 0.25) is 0 Å². The van der Waals surface area contributed by atoms with Gasteiger partial charge in [-0.3, -0.25) is 14.6 Å². The number of amides is 2. The Labute approximate surface area is 215 Å². The van der Waals surface area contributed by atoms with Gasteiger partial charge in [-0.1, -0.05) is 13.0 Å². The van der Waals surface area contributed by atoms with Crippen LogP contribution in [0.4, 0.5) is 8.78 Å². The number of piperidine rings is 1. The van der Waals surface area contributed by atoms with E-state index in [1.54, 1.807) is 11.0 Å². The molecule has 0 bridgehead atoms. The number of fused-ring (bicyclic) bond motifs is 1. The second kappa shape index (κ2) is 9.73. The minimum absolute atomic E-state index is 0.0136. The number of nitriles is 1. The minimum Gasteiger partial charge on any atom is -0.351 e. The summed E-state index contributed by atoms with van der Waals surface area (Å²) in [5.41, 5.74) is 4.10. The van der Waals surface area contributed by atoms with Crippen molar-refractivity contribution < 1.29 is 18.4 Å². The molecule has 2 fully saturated rings. The largest absolute Gasteiger partial charge is 0.351 e. The van der Waals surface area contributed by atoms with Gasteiger partial charge in [0.2, 0.25) is 11.8 Å². The van der Waals surface area contributed by atoms with Gasteiger partial charge in [0.1, 0.15) is 5.69 Å². The summed E-state index contributed by atoms with van der Waals surface area (Å²) >= 11 is 0. The zero-order valence-corrected chi connectivity index (χ0v) is 21.1. The molecule has 2 amide bonds. The van der Waals surface area contributed by atoms with Crippen molar-refractivity contribution in [3.8, 4) is 6.07 Å². The molecule has 37 heavy (non-hydrogen) atoms. The molecule has 5 rings (SSSR count). The van der Waals surface area contributed by atoms with Crippen LogP contribution < -0.4 is 5.32 Å². The van der Waals surface area contributed by atoms with Gasteiger partial charge in [-0.2, -0.15) is 5.26 Å². The van der Waals surface area contributed by atoms with Gasteiger partial charge < -0.3 is 14.8 Å². The van der Waals surface area contributed by atoms with Gasteiger partial charge in [0.25, 0.3) is 5.91 Å². The van der Waals surface area contributed by atoms with Crippen LogP contribution in [0, 0.1) is 17.2 Å². The van der Waals surface area contributed by atoms with E-state index in [9.17, 15) is 18.4 Å². The van der Waals surface area contributed by atoms with E-state index in [4.69, 9.17) is 5.26 Å². The molecule has 9 heteroatoms. The van der Waals surface area contributed by atoms with Gasteiger partial charge in [0.05, 0.1) is 17.7 Å². The predicted molar refractivity (Wildman–Crippen MR) is 134 cm³/mol. The number of likely N-dealkylation sites (tertiary alicyclic amines) is 1. The summed E-state index contributed by atoms with van der Waals surface area (Å²) in [7, 11) is 2.01. The highest BCUT2D eigenvalue weighted by atomic mass is 19.3. The minimum atomic E-state index is -2.72. The van der Waals surface area contributed by atoms with Gasteiger partial charge in [-0.05, 0) is 54.5 Å². The van der Waals surface area contributed by atoms with Crippen LogP contribution >= 0.6 is 0 Å². The standard InChI is InChI=1S/C28H31F2N5O2/c1-17-22(33-26(36)23-13-18(15-31)6-10-32-23)3-4-24-25(17)21(16-34(24)2)19-7-11-35(12-8-19)27(37)20-5-9-28(29,30)14-20/h3-4,6,10,13,16-17,19-20,22H,5,7-9,11-12,14H2,1-2H3,(H,33,36). The average Bonchev–Trinajstić information content (AvgIpc) is 3.44. The number of aromatic nitrogens is 2. The first-order valence-corrected chi connectivity index (χ1v) is 12.9. The molecule has 3 heterocycles. The Morgan fingerprint density at radius 1 is 1.24 bits per heavy atom. The molecule has 3 unspecified atom stereocenters. The summed E-state index contributed by atoms with van der Waals surface area (Å²) in [5.74, 6) is -3.47. The Bertz CT molecular complexity index is 1290. The summed E-state index contributed by atoms with van der Waals surface area (Å²) in [4.78, 5) is 31.6. The monoisotopic (exact) mass is 507 g/mol. The van der Waals surface area contributed by atoms with E-state index in [0.29, 0.717) is 18.7 Å². The van der Waals surface area contributed by atoms with Crippen LogP contribution in [0.15, 0.2) is 30.6 Å². The Kier molecular flexibility index (Phi) is 6.61. The number of carbonyl (C=O) groups is 2. The van der Waals surface area contributed by atoms with Crippen molar-refractivity contribution in [2.45, 2.75) is 62.8 Å². The smallest absolute Gasteiger partial charge is 0.270 e. The van der Waals surface area contributed by atoms with Crippen molar-refractivity contribution in [2.24, 2.45) is 13.0 Å². The van der Waals surface area contributed by atoms with Crippen LogP contribution in [-0.2, 0) is 11.8 Å². The maximum atomic E-state index is 13.6. The summed E-state index contributed by atoms with van der Waals surface area (Å²) < 4.78 is 29.4. The van der Waals surface area contributed by atoms with E-state index in [2.05, 4.69) is 28.0 Å². The van der Waals surface area contributed by atoms with Crippen molar-refractivity contribution in [3.63, 3.8) is 0 Å². The molecule has 1 saturated heterocycles. The van der Waals surface area contributed by atoms with Crippen molar-refractivity contribution in [1.82, 2.24) is 19.8 Å². The van der Waals surface area contributed by atoms with Gasteiger partial charge in [-0.25, -0.2) is 8.78 Å². The number of nitrogens with zero attached hydrogens (tertiary/aromatic N) is 4. The second-order valence-corrected chi connectivity index (χ2v) is 10.6. The van der Waals surface area contributed by atoms with Gasteiger partial charge in [0, 0.05) is 62.9 Å². The first kappa shape index (κ1) is 25.1. The first-order chi connectivity index (χ1) is 17.7. The maximum absolute atomic E-state index is 13.6. The van der Waals surface area contributed by atoms with Gasteiger partial charge in [-0.15, -0.1) is 0 Å². The summed E-state index contributed by atoms with van der Waals surface area (Å²) in [6, 6.07) is 4.83. The van der Waals surface area contributed by atoms with Crippen LogP contribution in [0.5, 0.6) is 0 Å². The lowest BCUT2D eigenvalue weighted by atomic mass is 9.80. The quantitative estimate of drug-likeness (QED) is 0.666. The third-order valence-electron chi connectivity index (χ3n) is 8.17. The number of nitrogens with one attached hydrogen (secondary N) is 1. The lowest BCUT2D eigenvalue weighted by Gasteiger charge is -2.35. The van der Waals surface area contributed by atoms with Crippen LogP contribution in [0.1, 0.15) is 83.7 Å². The number of rotatable bonds is 4. The summed E-state index contributed by atoms with van der Waals surface area (Å²) in [6.07, 6.45) is 8.93. The number of halogens is 2. The van der Waals surface area contributed by atoms with E-state index < -0.39 is 11.8 Å². The molecule has 194 valence electrons. The molecule has 2 aromatic rings. The van der Waals surface area contributed by atoms with Gasteiger partial charge >= 0.3 is 0 Å². The average molecular weight is 508 g/mol. The molecule has 2 aromatic heterocycles. The SMILES string of the molecule is CC1c2c(C3CCN(C(=O)C4CCC(F)(F)C4)CC3)cn(C)c2C=CC1NC(=O)c1cc(C#N)ccn1. The van der Waals surface area contributed by atoms with Gasteiger partial charge in [0.15, 0.2) is 0 Å². The molecule has 2 aliphatic carbocycles. The molecule has 1 N–H and O–H groups in total. The van der Waals surface area contributed by atoms with Crippen molar-refractivity contribution >= 4 is 17.9 Å². The third-order valence-corrected chi connectivity index (χ3v) is 8.17. The topological polar surface area (TPSA) is 91.0 Å². The van der Waals surface area contributed by atoms with E-state index >= 15 is 0 Å². The zero-order chi connectivity index (χ0) is 26.3. The van der Waals surface area contributed by atoms with Crippen molar-refractivity contribution in [3.05, 3.63) is 58.7 Å². The highest BCUT2D eigenvalue weighted by molar-refractivity contribution is 5.93. The molecule has 3 atom stereocenters. The Balaban J connectivity index is 1.27. The number of hydrogen-bond acceptors (Lipinski definition) is 4. The highest BCUT2D eigenvalue weighted by Crippen LogP contribution is 2.42.